The van der Waals surface area contributed by atoms with Crippen molar-refractivity contribution in [2.24, 2.45) is 0 Å². The molecule has 2 aromatic heterocycles. The molecule has 0 bridgehead atoms. The quantitative estimate of drug-likeness (QED) is 0.235. The zero-order valence-corrected chi connectivity index (χ0v) is 26.9. The van der Waals surface area contributed by atoms with E-state index >= 15 is 0 Å². The van der Waals surface area contributed by atoms with Gasteiger partial charge in [-0.05, 0) is 44.6 Å². The Morgan fingerprint density at radius 1 is 1.17 bits per heavy atom. The van der Waals surface area contributed by atoms with Gasteiger partial charge in [0.1, 0.15) is 24.5 Å². The van der Waals surface area contributed by atoms with Crippen LogP contribution in [0.3, 0.4) is 0 Å². The summed E-state index contributed by atoms with van der Waals surface area (Å²) >= 11 is 8.50. The molecule has 4 N–H and O–H groups in total. The molecule has 2 saturated heterocycles. The van der Waals surface area contributed by atoms with E-state index in [0.29, 0.717) is 69.9 Å². The third-order valence-corrected chi connectivity index (χ3v) is 9.70. The number of nitrogens with zero attached hydrogens (tertiary/aromatic N) is 5. The number of fused-ring (bicyclic) bond motifs is 2. The summed E-state index contributed by atoms with van der Waals surface area (Å²) in [4.78, 5) is 18.1. The topological polar surface area (TPSA) is 114 Å². The number of alkyl halides is 2. The number of thiazole rings is 1. The van der Waals surface area contributed by atoms with Crippen molar-refractivity contribution in [3.05, 3.63) is 53.2 Å². The summed E-state index contributed by atoms with van der Waals surface area (Å²) in [6.07, 6.45) is 7.98. The van der Waals surface area contributed by atoms with Crippen molar-refractivity contribution in [2.45, 2.75) is 24.8 Å². The molecule has 0 radical (unpaired) electrons. The number of ether oxygens (including phenoxy) is 2. The Hall–Kier alpha value is -3.78. The lowest BCUT2D eigenvalue weighted by Crippen LogP contribution is -2.39. The fourth-order valence-electron chi connectivity index (χ4n) is 6.22. The Balaban J connectivity index is 1.43. The highest BCUT2D eigenvalue weighted by atomic mass is 35.5. The van der Waals surface area contributed by atoms with Gasteiger partial charge in [-0.2, -0.15) is 9.97 Å². The van der Waals surface area contributed by atoms with Crippen LogP contribution in [0.25, 0.3) is 32.2 Å². The molecule has 3 aliphatic rings. The number of benzene rings is 2. The molecular formula is C32H35ClF2N8O2S. The number of aromatic nitrogens is 3. The summed E-state index contributed by atoms with van der Waals surface area (Å²) in [6, 6.07) is 7.81. The van der Waals surface area contributed by atoms with Gasteiger partial charge >= 0.3 is 6.01 Å². The van der Waals surface area contributed by atoms with Crippen molar-refractivity contribution in [3.8, 4) is 22.9 Å². The zero-order valence-electron chi connectivity index (χ0n) is 25.4. The Labute approximate surface area is 274 Å². The molecule has 3 aliphatic heterocycles. The van der Waals surface area contributed by atoms with Gasteiger partial charge in [-0.25, -0.2) is 13.8 Å². The SMILES string of the molecule is CN1CCC[C@H]1COc1nc(N2CCNCC(F)(F)C2)c2cc(Cl)c(-c3cccc4sc(N)nc34)c(OCC3=CC=CCN3)c2n1. The van der Waals surface area contributed by atoms with E-state index in [1.165, 1.54) is 11.3 Å². The number of nitrogen functional groups attached to an aromatic ring is 1. The largest absolute Gasteiger partial charge is 0.484 e. The number of nitrogens with one attached hydrogen (secondary N) is 2. The number of halogens is 3. The van der Waals surface area contributed by atoms with Crippen LogP contribution < -0.4 is 30.7 Å². The highest BCUT2D eigenvalue weighted by molar-refractivity contribution is 7.22. The maximum atomic E-state index is 14.9. The van der Waals surface area contributed by atoms with Gasteiger partial charge in [0.25, 0.3) is 5.92 Å². The van der Waals surface area contributed by atoms with Crippen molar-refractivity contribution in [3.63, 3.8) is 0 Å². The number of para-hydroxylation sites is 1. The molecule has 1 atom stereocenters. The van der Waals surface area contributed by atoms with E-state index < -0.39 is 19.0 Å². The smallest absolute Gasteiger partial charge is 0.319 e. The van der Waals surface area contributed by atoms with Crippen LogP contribution in [0.2, 0.25) is 5.02 Å². The number of dihydropyridines is 1. The number of rotatable bonds is 8. The molecule has 2 aromatic carbocycles. The Kier molecular flexibility index (Phi) is 8.57. The van der Waals surface area contributed by atoms with Crippen LogP contribution in [0.4, 0.5) is 19.7 Å². The van der Waals surface area contributed by atoms with E-state index in [2.05, 4.69) is 27.6 Å². The normalized spacial score (nSPS) is 20.1. The molecule has 0 aliphatic carbocycles. The van der Waals surface area contributed by atoms with Gasteiger partial charge in [-0.15, -0.1) is 0 Å². The van der Waals surface area contributed by atoms with Crippen molar-refractivity contribution in [2.75, 3.05) is 70.2 Å². The number of likely N-dealkylation sites (tertiary alicyclic amines) is 1. The summed E-state index contributed by atoms with van der Waals surface area (Å²) in [7, 11) is 2.06. The summed E-state index contributed by atoms with van der Waals surface area (Å²) in [5.41, 5.74) is 9.37. The lowest BCUT2D eigenvalue weighted by Gasteiger charge is -2.27. The molecule has 10 nitrogen and oxygen atoms in total. The molecule has 0 amide bonds. The number of hydrogen-bond donors (Lipinski definition) is 3. The molecule has 7 rings (SSSR count). The first-order chi connectivity index (χ1) is 22.3. The fourth-order valence-corrected chi connectivity index (χ4v) is 7.28. The maximum absolute atomic E-state index is 14.9. The van der Waals surface area contributed by atoms with Crippen molar-refractivity contribution in [1.82, 2.24) is 30.5 Å². The van der Waals surface area contributed by atoms with Crippen LogP contribution in [-0.2, 0) is 0 Å². The highest BCUT2D eigenvalue weighted by Crippen LogP contribution is 2.47. The molecule has 0 spiro atoms. The lowest BCUT2D eigenvalue weighted by atomic mass is 10.0. The summed E-state index contributed by atoms with van der Waals surface area (Å²) in [5, 5.41) is 7.42. The second-order valence-corrected chi connectivity index (χ2v) is 13.3. The van der Waals surface area contributed by atoms with Crippen molar-refractivity contribution >= 4 is 55.0 Å². The Morgan fingerprint density at radius 2 is 2.07 bits per heavy atom. The Bertz CT molecular complexity index is 1830. The first-order valence-electron chi connectivity index (χ1n) is 15.3. The van der Waals surface area contributed by atoms with Crippen LogP contribution in [0.5, 0.6) is 11.8 Å². The van der Waals surface area contributed by atoms with E-state index in [1.54, 1.807) is 11.0 Å². The second-order valence-electron chi connectivity index (χ2n) is 11.8. The number of anilines is 2. The second kappa shape index (κ2) is 12.8. The lowest BCUT2D eigenvalue weighted by molar-refractivity contribution is 0.0156. The van der Waals surface area contributed by atoms with Crippen LogP contribution in [0, 0.1) is 0 Å². The zero-order chi connectivity index (χ0) is 31.8. The number of nitrogens with two attached hydrogens (primary N) is 1. The summed E-state index contributed by atoms with van der Waals surface area (Å²) in [6.45, 7) is 1.95. The average Bonchev–Trinajstić information content (AvgIpc) is 3.58. The molecule has 14 heteroatoms. The van der Waals surface area contributed by atoms with Gasteiger partial charge in [0.2, 0.25) is 0 Å². The van der Waals surface area contributed by atoms with Gasteiger partial charge in [-0.1, -0.05) is 47.2 Å². The van der Waals surface area contributed by atoms with Crippen LogP contribution in [0.15, 0.2) is 48.2 Å². The molecule has 242 valence electrons. The summed E-state index contributed by atoms with van der Waals surface area (Å²) < 4.78 is 43.6. The van der Waals surface area contributed by atoms with Gasteiger partial charge < -0.3 is 35.6 Å². The first kappa shape index (κ1) is 30.9. The minimum Gasteiger partial charge on any atom is -0.484 e. The predicted molar refractivity (Wildman–Crippen MR) is 179 cm³/mol. The molecule has 5 heterocycles. The standard InChI is InChI=1S/C32H35ClF2N8O2S/c1-42-12-5-7-20(42)16-45-31-40-27-22(29(41-31)43-13-11-37-17-32(34,35)18-43)14-23(33)25(28(27)44-15-19-6-2-3-10-38-19)21-8-4-9-24-26(21)39-30(36)46-24/h2-4,6,8-9,14,20,37-38H,5,7,10-13,15-18H2,1H3,(H2,36,39)/t20-/m0/s1. The van der Waals surface area contributed by atoms with Gasteiger partial charge in [0.05, 0.1) is 28.3 Å². The number of likely N-dealkylation sites (N-methyl/N-ethyl adjacent to an activating group) is 1. The molecular weight excluding hydrogens is 634 g/mol. The van der Waals surface area contributed by atoms with Crippen LogP contribution >= 0.6 is 22.9 Å². The Morgan fingerprint density at radius 3 is 2.87 bits per heavy atom. The number of allylic oxidation sites excluding steroid dienone is 2. The van der Waals surface area contributed by atoms with E-state index in [4.69, 9.17) is 36.8 Å². The van der Waals surface area contributed by atoms with Gasteiger partial charge in [-0.3, -0.25) is 0 Å². The molecule has 4 aromatic rings. The molecule has 0 saturated carbocycles. The van der Waals surface area contributed by atoms with Gasteiger partial charge in [0.15, 0.2) is 10.9 Å². The first-order valence-corrected chi connectivity index (χ1v) is 16.5. The van der Waals surface area contributed by atoms with E-state index in [-0.39, 0.29) is 18.7 Å². The predicted octanol–water partition coefficient (Wildman–Crippen LogP) is 5.08. The van der Waals surface area contributed by atoms with Crippen molar-refractivity contribution < 1.29 is 18.3 Å². The van der Waals surface area contributed by atoms with Crippen molar-refractivity contribution in [1.29, 1.82) is 0 Å². The van der Waals surface area contributed by atoms with Crippen LogP contribution in [-0.4, -0.2) is 91.3 Å². The fraction of sp³-hybridized carbons (Fsp3) is 0.406. The van der Waals surface area contributed by atoms with E-state index in [1.807, 2.05) is 36.4 Å². The maximum Gasteiger partial charge on any atom is 0.319 e. The molecule has 46 heavy (non-hydrogen) atoms. The average molecular weight is 669 g/mol. The minimum atomic E-state index is -2.97. The third-order valence-electron chi connectivity index (χ3n) is 8.55. The molecule has 0 unspecified atom stereocenters. The minimum absolute atomic E-state index is 0.0931. The highest BCUT2D eigenvalue weighted by Gasteiger charge is 2.36. The summed E-state index contributed by atoms with van der Waals surface area (Å²) in [5.74, 6) is -2.28. The van der Waals surface area contributed by atoms with E-state index in [0.717, 1.165) is 35.3 Å². The van der Waals surface area contributed by atoms with Crippen LogP contribution in [0.1, 0.15) is 12.8 Å². The monoisotopic (exact) mass is 668 g/mol. The molecule has 2 fully saturated rings. The van der Waals surface area contributed by atoms with E-state index in [9.17, 15) is 8.78 Å². The number of hydrogen-bond acceptors (Lipinski definition) is 11. The third kappa shape index (κ3) is 6.28. The van der Waals surface area contributed by atoms with Gasteiger partial charge in [0, 0.05) is 47.9 Å².